The summed E-state index contributed by atoms with van der Waals surface area (Å²) in [5, 5.41) is 17.8. The summed E-state index contributed by atoms with van der Waals surface area (Å²) in [6.07, 6.45) is 1.49. The van der Waals surface area contributed by atoms with Gasteiger partial charge in [-0.2, -0.15) is 5.10 Å². The van der Waals surface area contributed by atoms with Crippen molar-refractivity contribution >= 4 is 17.4 Å². The van der Waals surface area contributed by atoms with Gasteiger partial charge in [0.05, 0.1) is 5.56 Å². The molecule has 2 rings (SSSR count). The highest BCUT2D eigenvalue weighted by Gasteiger charge is 2.13. The topological polar surface area (TPSA) is 106 Å². The molecule has 0 spiro atoms. The normalized spacial score (nSPS) is 11.4. The van der Waals surface area contributed by atoms with Crippen molar-refractivity contribution in [1.82, 2.24) is 9.78 Å². The van der Waals surface area contributed by atoms with Gasteiger partial charge < -0.3 is 16.3 Å². The highest BCUT2D eigenvalue weighted by molar-refractivity contribution is 6.04. The van der Waals surface area contributed by atoms with E-state index in [0.717, 1.165) is 6.07 Å². The maximum absolute atomic E-state index is 13.5. The molecule has 0 fully saturated rings. The maximum Gasteiger partial charge on any atom is 0.273 e. The van der Waals surface area contributed by atoms with Gasteiger partial charge in [-0.25, -0.2) is 4.39 Å². The number of halogens is 1. The number of nitrogens with one attached hydrogen (secondary N) is 1. The van der Waals surface area contributed by atoms with Crippen LogP contribution in [0.1, 0.15) is 16.1 Å². The van der Waals surface area contributed by atoms with E-state index in [9.17, 15) is 9.18 Å². The molecule has 1 aromatic heterocycles. The van der Waals surface area contributed by atoms with Crippen molar-refractivity contribution in [1.29, 1.82) is 0 Å². The summed E-state index contributed by atoms with van der Waals surface area (Å²) < 4.78 is 14.9. The van der Waals surface area contributed by atoms with Gasteiger partial charge in [0.25, 0.3) is 5.91 Å². The lowest BCUT2D eigenvalue weighted by atomic mass is 10.1. The van der Waals surface area contributed by atoms with Gasteiger partial charge in [-0.15, -0.1) is 0 Å². The minimum atomic E-state index is -0.654. The lowest BCUT2D eigenvalue weighted by Gasteiger charge is -2.08. The minimum absolute atomic E-state index is 0.102. The highest BCUT2D eigenvalue weighted by Crippen LogP contribution is 2.15. The van der Waals surface area contributed by atoms with E-state index < -0.39 is 11.7 Å². The predicted octanol–water partition coefficient (Wildman–Crippen LogP) is 0.906. The molecule has 0 aliphatic rings. The number of carbonyl (C=O) groups excluding carboxylic acids is 1. The van der Waals surface area contributed by atoms with Crippen LogP contribution in [0.3, 0.4) is 0 Å². The van der Waals surface area contributed by atoms with E-state index >= 15 is 0 Å². The average molecular weight is 277 g/mol. The lowest BCUT2D eigenvalue weighted by molar-refractivity contribution is 0.101. The number of nitrogens with zero attached hydrogens (tertiary/aromatic N) is 3. The van der Waals surface area contributed by atoms with E-state index in [1.54, 1.807) is 13.1 Å². The van der Waals surface area contributed by atoms with E-state index in [1.807, 2.05) is 0 Å². The molecule has 8 heteroatoms. The van der Waals surface area contributed by atoms with Crippen molar-refractivity contribution in [2.24, 2.45) is 17.9 Å². The first-order valence-electron chi connectivity index (χ1n) is 5.59. The van der Waals surface area contributed by atoms with Crippen LogP contribution in [0.2, 0.25) is 0 Å². The Morgan fingerprint density at radius 2 is 2.25 bits per heavy atom. The Morgan fingerprint density at radius 1 is 1.50 bits per heavy atom. The van der Waals surface area contributed by atoms with Gasteiger partial charge in [-0.1, -0.05) is 5.16 Å². The molecule has 0 radical (unpaired) electrons. The van der Waals surface area contributed by atoms with Gasteiger partial charge in [0.15, 0.2) is 5.84 Å². The van der Waals surface area contributed by atoms with Crippen LogP contribution in [0.25, 0.3) is 0 Å². The number of hydrogen-bond acceptors (Lipinski definition) is 4. The summed E-state index contributed by atoms with van der Waals surface area (Å²) in [4.78, 5) is 12.0. The SMILES string of the molecule is Cn1nccc1C(=O)Nc1ccc(F)c(C(N)=NO)c1. The third-order valence-corrected chi connectivity index (χ3v) is 2.66. The van der Waals surface area contributed by atoms with Crippen LogP contribution in [0.4, 0.5) is 10.1 Å². The smallest absolute Gasteiger partial charge is 0.273 e. The van der Waals surface area contributed by atoms with Crippen LogP contribution >= 0.6 is 0 Å². The lowest BCUT2D eigenvalue weighted by Crippen LogP contribution is -2.18. The third-order valence-electron chi connectivity index (χ3n) is 2.66. The summed E-state index contributed by atoms with van der Waals surface area (Å²) in [5.74, 6) is -1.43. The molecule has 0 unspecified atom stereocenters. The fraction of sp³-hybridized carbons (Fsp3) is 0.0833. The largest absolute Gasteiger partial charge is 0.409 e. The van der Waals surface area contributed by atoms with Gasteiger partial charge in [0.1, 0.15) is 11.5 Å². The number of oxime groups is 1. The molecule has 0 atom stereocenters. The van der Waals surface area contributed by atoms with Crippen molar-refractivity contribution in [2.45, 2.75) is 0 Å². The second-order valence-corrected chi connectivity index (χ2v) is 3.97. The molecule has 0 aliphatic carbocycles. The van der Waals surface area contributed by atoms with Gasteiger partial charge in [0, 0.05) is 18.9 Å². The first-order chi connectivity index (χ1) is 9.52. The molecule has 0 bridgehead atoms. The second kappa shape index (κ2) is 5.39. The zero-order valence-electron chi connectivity index (χ0n) is 10.5. The maximum atomic E-state index is 13.5. The molecule has 0 saturated carbocycles. The number of amidine groups is 1. The van der Waals surface area contributed by atoms with Crippen molar-refractivity contribution < 1.29 is 14.4 Å². The van der Waals surface area contributed by atoms with E-state index in [2.05, 4.69) is 15.6 Å². The monoisotopic (exact) mass is 277 g/mol. The second-order valence-electron chi connectivity index (χ2n) is 3.97. The van der Waals surface area contributed by atoms with Gasteiger partial charge in [-0.05, 0) is 24.3 Å². The molecule has 104 valence electrons. The summed E-state index contributed by atoms with van der Waals surface area (Å²) in [7, 11) is 1.63. The van der Waals surface area contributed by atoms with Gasteiger partial charge >= 0.3 is 0 Å². The number of rotatable bonds is 3. The molecule has 0 aliphatic heterocycles. The van der Waals surface area contributed by atoms with Crippen LogP contribution in [0.5, 0.6) is 0 Å². The molecular weight excluding hydrogens is 265 g/mol. The molecule has 0 saturated heterocycles. The van der Waals surface area contributed by atoms with Crippen molar-refractivity contribution in [3.05, 3.63) is 47.5 Å². The number of amides is 1. The third kappa shape index (κ3) is 2.58. The van der Waals surface area contributed by atoms with E-state index in [1.165, 1.54) is 23.0 Å². The van der Waals surface area contributed by atoms with E-state index in [4.69, 9.17) is 10.9 Å². The van der Waals surface area contributed by atoms with Gasteiger partial charge in [-0.3, -0.25) is 9.48 Å². The molecule has 1 aromatic carbocycles. The summed E-state index contributed by atoms with van der Waals surface area (Å²) in [6, 6.07) is 5.31. The molecule has 1 heterocycles. The Morgan fingerprint density at radius 3 is 2.85 bits per heavy atom. The number of anilines is 1. The molecule has 7 nitrogen and oxygen atoms in total. The van der Waals surface area contributed by atoms with Crippen LogP contribution in [0.15, 0.2) is 35.6 Å². The summed E-state index contributed by atoms with van der Waals surface area (Å²) in [6.45, 7) is 0. The van der Waals surface area contributed by atoms with Crippen LogP contribution < -0.4 is 11.1 Å². The highest BCUT2D eigenvalue weighted by atomic mass is 19.1. The fourth-order valence-electron chi connectivity index (χ4n) is 1.64. The Hall–Kier alpha value is -2.90. The zero-order chi connectivity index (χ0) is 14.7. The van der Waals surface area contributed by atoms with Crippen LogP contribution in [-0.4, -0.2) is 26.7 Å². The van der Waals surface area contributed by atoms with Crippen LogP contribution in [-0.2, 0) is 7.05 Å². The van der Waals surface area contributed by atoms with Gasteiger partial charge in [0.2, 0.25) is 0 Å². The summed E-state index contributed by atoms with van der Waals surface area (Å²) >= 11 is 0. The van der Waals surface area contributed by atoms with Crippen molar-refractivity contribution in [3.8, 4) is 0 Å². The molecule has 4 N–H and O–H groups in total. The Balaban J connectivity index is 2.27. The standard InChI is InChI=1S/C12H12FN5O2/c1-18-10(4-5-15-18)12(19)16-7-2-3-9(13)8(6-7)11(14)17-20/h2-6,20H,1H3,(H2,14,17)(H,16,19). The number of nitrogens with two attached hydrogens (primary N) is 1. The van der Waals surface area contributed by atoms with Crippen molar-refractivity contribution in [2.75, 3.05) is 5.32 Å². The first-order valence-corrected chi connectivity index (χ1v) is 5.59. The number of aryl methyl sites for hydroxylation is 1. The predicted molar refractivity (Wildman–Crippen MR) is 70.1 cm³/mol. The quantitative estimate of drug-likeness (QED) is 0.335. The minimum Gasteiger partial charge on any atom is -0.409 e. The number of hydrogen-bond donors (Lipinski definition) is 3. The first kappa shape index (κ1) is 13.5. The number of carbonyl (C=O) groups is 1. The Kier molecular flexibility index (Phi) is 3.65. The Bertz CT molecular complexity index is 680. The fourth-order valence-corrected chi connectivity index (χ4v) is 1.64. The van der Waals surface area contributed by atoms with Crippen LogP contribution in [0, 0.1) is 5.82 Å². The Labute approximate surface area is 113 Å². The van der Waals surface area contributed by atoms with Crippen molar-refractivity contribution in [3.63, 3.8) is 0 Å². The molecule has 2 aromatic rings. The molecule has 1 amide bonds. The molecule has 20 heavy (non-hydrogen) atoms. The van der Waals surface area contributed by atoms with E-state index in [-0.39, 0.29) is 11.4 Å². The summed E-state index contributed by atoms with van der Waals surface area (Å²) in [5.41, 5.74) is 5.91. The zero-order valence-corrected chi connectivity index (χ0v) is 10.5. The number of benzene rings is 1. The number of aromatic nitrogens is 2. The average Bonchev–Trinajstić information content (AvgIpc) is 2.86. The van der Waals surface area contributed by atoms with E-state index in [0.29, 0.717) is 11.4 Å². The molecular formula is C12H12FN5O2.